The molecule has 0 aromatic heterocycles. The molecular formula is C20H24Cl2N2O7S. The Morgan fingerprint density at radius 3 is 2.31 bits per heavy atom. The number of hydrogen-bond donors (Lipinski definition) is 2. The maximum absolute atomic E-state index is 13.1. The normalized spacial score (nSPS) is 18.6. The Balaban J connectivity index is 0.000000654. The third kappa shape index (κ3) is 7.48. The second-order valence-electron chi connectivity index (χ2n) is 7.03. The number of anilines is 1. The summed E-state index contributed by atoms with van der Waals surface area (Å²) in [5.74, 6) is 0.412. The standard InChI is InChI=1S/C20H23ClN2O3S.ClHO4/c1-22(2)11-12-23-16-6-4-5-15(21)19(16)27-18(17(24)20(23)25)13-7-9-14(26-3)10-8-13;2-1(3,4)5/h4-10,17-18,24H,11-12H2,1-3H3;(H,2,3,4,5)/t17-,18+;/m1./s1. The molecule has 176 valence electrons. The van der Waals surface area contributed by atoms with E-state index < -0.39 is 21.6 Å². The van der Waals surface area contributed by atoms with E-state index in [0.29, 0.717) is 18.1 Å². The van der Waals surface area contributed by atoms with E-state index in [4.69, 9.17) is 35.0 Å². The Morgan fingerprint density at radius 1 is 1.19 bits per heavy atom. The number of nitrogens with zero attached hydrogens (tertiary/aromatic N) is 2. The van der Waals surface area contributed by atoms with Crippen LogP contribution in [0.4, 0.5) is 5.69 Å². The number of benzene rings is 2. The van der Waals surface area contributed by atoms with E-state index in [-0.39, 0.29) is 5.91 Å². The highest BCUT2D eigenvalue weighted by Gasteiger charge is 2.38. The average Bonchev–Trinajstić information content (AvgIpc) is 2.81. The first-order chi connectivity index (χ1) is 14.9. The van der Waals surface area contributed by atoms with E-state index in [9.17, 15) is 9.90 Å². The molecule has 3 rings (SSSR count). The van der Waals surface area contributed by atoms with Gasteiger partial charge in [0, 0.05) is 13.1 Å². The van der Waals surface area contributed by atoms with Gasteiger partial charge in [-0.2, -0.15) is 14.0 Å². The van der Waals surface area contributed by atoms with Gasteiger partial charge in [-0.1, -0.05) is 29.8 Å². The molecule has 2 aromatic rings. The summed E-state index contributed by atoms with van der Waals surface area (Å²) >= 11 is 7.89. The van der Waals surface area contributed by atoms with Crippen LogP contribution in [-0.4, -0.2) is 61.0 Å². The van der Waals surface area contributed by atoms with Gasteiger partial charge in [-0.05, 0) is 43.9 Å². The highest BCUT2D eigenvalue weighted by Crippen LogP contribution is 2.48. The van der Waals surface area contributed by atoms with Gasteiger partial charge in [-0.3, -0.25) is 4.79 Å². The van der Waals surface area contributed by atoms with E-state index in [1.165, 1.54) is 11.8 Å². The summed E-state index contributed by atoms with van der Waals surface area (Å²) in [4.78, 5) is 17.6. The SMILES string of the molecule is COc1ccc([C@@H]2Sc3c(Cl)cccc3N(CCN(C)C)C(=O)[C@@H]2O)cc1.[O-][Cl+3]([O-])([O-])O. The van der Waals surface area contributed by atoms with Crippen molar-refractivity contribution in [3.8, 4) is 5.75 Å². The molecule has 0 saturated heterocycles. The molecule has 2 aromatic carbocycles. The number of rotatable bonds is 5. The molecule has 0 bridgehead atoms. The van der Waals surface area contributed by atoms with E-state index in [1.54, 1.807) is 12.0 Å². The number of aliphatic hydroxyl groups is 1. The molecule has 12 heteroatoms. The van der Waals surface area contributed by atoms with Crippen LogP contribution < -0.4 is 23.6 Å². The van der Waals surface area contributed by atoms with Crippen LogP contribution in [0.2, 0.25) is 5.02 Å². The third-order valence-corrected chi connectivity index (χ3v) is 6.38. The van der Waals surface area contributed by atoms with Crippen LogP contribution in [0.25, 0.3) is 0 Å². The fourth-order valence-corrected chi connectivity index (χ4v) is 4.58. The summed E-state index contributed by atoms with van der Waals surface area (Å²) in [6.45, 7) is 1.16. The van der Waals surface area contributed by atoms with E-state index in [1.807, 2.05) is 61.5 Å². The van der Waals surface area contributed by atoms with Gasteiger partial charge in [-0.25, -0.2) is 0 Å². The number of amides is 1. The molecule has 2 N–H and O–H groups in total. The van der Waals surface area contributed by atoms with Gasteiger partial charge in [0.05, 0.1) is 42.9 Å². The van der Waals surface area contributed by atoms with E-state index in [2.05, 4.69) is 0 Å². The molecular weight excluding hydrogens is 483 g/mol. The minimum Gasteiger partial charge on any atom is -0.497 e. The minimum absolute atomic E-state index is 0.314. The van der Waals surface area contributed by atoms with Crippen molar-refractivity contribution in [2.75, 3.05) is 39.2 Å². The first kappa shape index (κ1) is 26.7. The molecule has 0 unspecified atom stereocenters. The molecule has 0 saturated carbocycles. The molecule has 0 fully saturated rings. The number of carbonyl (C=O) groups is 1. The van der Waals surface area contributed by atoms with Crippen molar-refractivity contribution in [2.24, 2.45) is 0 Å². The Hall–Kier alpha value is -1.60. The van der Waals surface area contributed by atoms with Crippen molar-refractivity contribution in [2.45, 2.75) is 16.2 Å². The van der Waals surface area contributed by atoms with Gasteiger partial charge >= 0.3 is 0 Å². The molecule has 1 heterocycles. The Kier molecular flexibility index (Phi) is 9.58. The summed E-state index contributed by atoms with van der Waals surface area (Å²) in [6, 6.07) is 12.9. The van der Waals surface area contributed by atoms with Crippen molar-refractivity contribution >= 4 is 35.0 Å². The molecule has 1 aliphatic heterocycles. The predicted molar refractivity (Wildman–Crippen MR) is 112 cm³/mol. The lowest BCUT2D eigenvalue weighted by Gasteiger charge is -2.26. The number of thioether (sulfide) groups is 1. The molecule has 0 radical (unpaired) electrons. The lowest BCUT2D eigenvalue weighted by molar-refractivity contribution is -1.92. The maximum Gasteiger partial charge on any atom is 0.257 e. The fraction of sp³-hybridized carbons (Fsp3) is 0.350. The van der Waals surface area contributed by atoms with E-state index >= 15 is 0 Å². The van der Waals surface area contributed by atoms with Gasteiger partial charge in [0.15, 0.2) is 0 Å². The quantitative estimate of drug-likeness (QED) is 0.539. The number of halogens is 2. The fourth-order valence-electron chi connectivity index (χ4n) is 3.00. The third-order valence-electron chi connectivity index (χ3n) is 4.50. The molecule has 32 heavy (non-hydrogen) atoms. The number of ether oxygens (including phenoxy) is 1. The van der Waals surface area contributed by atoms with Crippen molar-refractivity contribution in [3.05, 3.63) is 53.1 Å². The van der Waals surface area contributed by atoms with Crippen molar-refractivity contribution < 1.29 is 43.5 Å². The zero-order chi connectivity index (χ0) is 24.1. The summed E-state index contributed by atoms with van der Waals surface area (Å²) in [6.07, 6.45) is -1.17. The number of aliphatic hydroxyl groups excluding tert-OH is 1. The number of hydrogen-bond acceptors (Lipinski definition) is 9. The van der Waals surface area contributed by atoms with Crippen LogP contribution in [0.3, 0.4) is 0 Å². The molecule has 1 aliphatic rings. The largest absolute Gasteiger partial charge is 0.497 e. The molecule has 0 spiro atoms. The van der Waals surface area contributed by atoms with Gasteiger partial charge in [-0.15, -0.1) is 11.8 Å². The van der Waals surface area contributed by atoms with Crippen LogP contribution in [0.1, 0.15) is 10.8 Å². The lowest BCUT2D eigenvalue weighted by Crippen LogP contribution is -2.58. The van der Waals surface area contributed by atoms with Gasteiger partial charge < -0.3 is 19.6 Å². The minimum atomic E-state index is -4.69. The molecule has 1 amide bonds. The average molecular weight is 507 g/mol. The topological polar surface area (TPSA) is 142 Å². The highest BCUT2D eigenvalue weighted by atomic mass is 35.7. The monoisotopic (exact) mass is 506 g/mol. The van der Waals surface area contributed by atoms with Crippen LogP contribution in [0.15, 0.2) is 47.4 Å². The van der Waals surface area contributed by atoms with Crippen LogP contribution in [0.5, 0.6) is 5.75 Å². The summed E-state index contributed by atoms with van der Waals surface area (Å²) in [5.41, 5.74) is 1.59. The van der Waals surface area contributed by atoms with Gasteiger partial charge in [0.25, 0.3) is 5.91 Å². The van der Waals surface area contributed by atoms with Crippen LogP contribution in [0, 0.1) is 10.2 Å². The second kappa shape index (κ2) is 11.5. The smallest absolute Gasteiger partial charge is 0.257 e. The number of fused-ring (bicyclic) bond motifs is 1. The maximum atomic E-state index is 13.1. The number of methoxy groups -OCH3 is 1. The van der Waals surface area contributed by atoms with Crippen LogP contribution in [-0.2, 0) is 4.79 Å². The van der Waals surface area contributed by atoms with Crippen molar-refractivity contribution in [1.82, 2.24) is 4.90 Å². The number of carbonyl (C=O) groups excluding carboxylic acids is 1. The van der Waals surface area contributed by atoms with Crippen molar-refractivity contribution in [1.29, 1.82) is 0 Å². The van der Waals surface area contributed by atoms with Gasteiger partial charge in [0.1, 0.15) is 11.9 Å². The predicted octanol–water partition coefficient (Wildman–Crippen LogP) is -0.673. The molecule has 0 aliphatic carbocycles. The first-order valence-corrected chi connectivity index (χ1v) is 11.8. The molecule has 9 nitrogen and oxygen atoms in total. The highest BCUT2D eigenvalue weighted by molar-refractivity contribution is 8.00. The Labute approximate surface area is 197 Å². The van der Waals surface area contributed by atoms with Crippen LogP contribution >= 0.6 is 23.4 Å². The summed E-state index contributed by atoms with van der Waals surface area (Å²) in [7, 11) is 0.811. The summed E-state index contributed by atoms with van der Waals surface area (Å²) < 4.78 is 37.9. The Morgan fingerprint density at radius 2 is 1.78 bits per heavy atom. The number of likely N-dealkylation sites (N-methyl/N-ethyl adjacent to an activating group) is 1. The van der Waals surface area contributed by atoms with E-state index in [0.717, 1.165) is 21.9 Å². The zero-order valence-corrected chi connectivity index (χ0v) is 19.9. The van der Waals surface area contributed by atoms with Crippen molar-refractivity contribution in [3.63, 3.8) is 0 Å². The Bertz CT molecular complexity index is 904. The first-order valence-electron chi connectivity index (χ1n) is 9.29. The summed E-state index contributed by atoms with van der Waals surface area (Å²) in [5, 5.41) is 11.0. The lowest BCUT2D eigenvalue weighted by atomic mass is 10.1. The zero-order valence-electron chi connectivity index (χ0n) is 17.6. The van der Waals surface area contributed by atoms with Gasteiger partial charge in [0.2, 0.25) is 0 Å². The second-order valence-corrected chi connectivity index (χ2v) is 9.38. The molecule has 2 atom stereocenters.